The molecule has 0 aliphatic rings. The summed E-state index contributed by atoms with van der Waals surface area (Å²) in [7, 11) is 1.67. The van der Waals surface area contributed by atoms with E-state index in [9.17, 15) is 9.90 Å². The molecule has 0 bridgehead atoms. The number of halogens is 1. The Morgan fingerprint density at radius 2 is 2.32 bits per heavy atom. The van der Waals surface area contributed by atoms with Gasteiger partial charge in [0.1, 0.15) is 11.4 Å². The molecule has 0 atom stereocenters. The first-order valence-corrected chi connectivity index (χ1v) is 6.17. The minimum Gasteiger partial charge on any atom is -0.507 e. The lowest BCUT2D eigenvalue weighted by Gasteiger charge is -2.01. The van der Waals surface area contributed by atoms with E-state index in [2.05, 4.69) is 31.6 Å². The van der Waals surface area contributed by atoms with Gasteiger partial charge in [0, 0.05) is 23.3 Å². The number of carbonyl (C=O) groups is 1. The third-order valence-corrected chi connectivity index (χ3v) is 2.91. The number of aromatic nitrogens is 2. The average molecular weight is 323 g/mol. The van der Waals surface area contributed by atoms with Gasteiger partial charge in [-0.15, -0.1) is 0 Å². The zero-order valence-electron chi connectivity index (χ0n) is 10.0. The van der Waals surface area contributed by atoms with E-state index in [0.29, 0.717) is 11.3 Å². The van der Waals surface area contributed by atoms with Gasteiger partial charge in [0.05, 0.1) is 6.21 Å². The van der Waals surface area contributed by atoms with Crippen LogP contribution in [0.2, 0.25) is 0 Å². The molecule has 1 heterocycles. The normalized spacial score (nSPS) is 10.8. The van der Waals surface area contributed by atoms with Crippen LogP contribution in [0.15, 0.2) is 40.0 Å². The second-order valence-electron chi connectivity index (χ2n) is 3.74. The molecular weight excluding hydrogens is 312 g/mol. The van der Waals surface area contributed by atoms with E-state index in [4.69, 9.17) is 0 Å². The Labute approximate surface area is 117 Å². The van der Waals surface area contributed by atoms with Crippen molar-refractivity contribution in [2.45, 2.75) is 0 Å². The summed E-state index contributed by atoms with van der Waals surface area (Å²) in [5.74, 6) is -0.285. The highest BCUT2D eigenvalue weighted by Gasteiger charge is 2.08. The Hall–Kier alpha value is -2.15. The minimum atomic E-state index is -0.370. The minimum absolute atomic E-state index is 0.0849. The first-order chi connectivity index (χ1) is 9.08. The summed E-state index contributed by atoms with van der Waals surface area (Å²) in [5, 5.41) is 17.3. The average Bonchev–Trinajstić information content (AvgIpc) is 2.80. The molecule has 98 valence electrons. The van der Waals surface area contributed by atoms with Crippen LogP contribution < -0.4 is 5.43 Å². The third kappa shape index (κ3) is 3.19. The number of nitrogens with one attached hydrogen (secondary N) is 1. The number of hydrogen-bond acceptors (Lipinski definition) is 4. The molecule has 6 nitrogen and oxygen atoms in total. The predicted octanol–water partition coefficient (Wildman–Crippen LogP) is 1.65. The molecule has 0 saturated carbocycles. The molecule has 2 aromatic rings. The fourth-order valence-electron chi connectivity index (χ4n) is 1.44. The maximum absolute atomic E-state index is 11.7. The van der Waals surface area contributed by atoms with Gasteiger partial charge < -0.3 is 5.11 Å². The molecule has 2 N–H and O–H groups in total. The zero-order valence-corrected chi connectivity index (χ0v) is 11.6. The molecule has 0 saturated heterocycles. The molecule has 0 radical (unpaired) electrons. The molecule has 1 amide bonds. The molecule has 0 spiro atoms. The van der Waals surface area contributed by atoms with Gasteiger partial charge in [-0.2, -0.15) is 10.2 Å². The topological polar surface area (TPSA) is 79.5 Å². The highest BCUT2D eigenvalue weighted by atomic mass is 79.9. The Morgan fingerprint density at radius 1 is 1.53 bits per heavy atom. The lowest BCUT2D eigenvalue weighted by molar-refractivity contribution is 0.0945. The summed E-state index contributed by atoms with van der Waals surface area (Å²) in [5.41, 5.74) is 3.26. The molecule has 1 aromatic carbocycles. The van der Waals surface area contributed by atoms with E-state index >= 15 is 0 Å². The number of carbonyl (C=O) groups excluding carboxylic acids is 1. The monoisotopic (exact) mass is 322 g/mol. The third-order valence-electron chi connectivity index (χ3n) is 2.41. The highest BCUT2D eigenvalue weighted by molar-refractivity contribution is 9.10. The summed E-state index contributed by atoms with van der Waals surface area (Å²) in [6, 6.07) is 6.52. The molecule has 0 aliphatic carbocycles. The van der Waals surface area contributed by atoms with Crippen LogP contribution in [-0.2, 0) is 7.05 Å². The first kappa shape index (κ1) is 13.3. The maximum Gasteiger partial charge on any atom is 0.289 e. The van der Waals surface area contributed by atoms with E-state index in [1.54, 1.807) is 25.2 Å². The van der Waals surface area contributed by atoms with E-state index in [1.165, 1.54) is 23.2 Å². The number of hydrogen-bond donors (Lipinski definition) is 2. The Morgan fingerprint density at radius 3 is 3.00 bits per heavy atom. The van der Waals surface area contributed by atoms with Crippen molar-refractivity contribution in [1.82, 2.24) is 15.2 Å². The van der Waals surface area contributed by atoms with E-state index < -0.39 is 0 Å². The van der Waals surface area contributed by atoms with Crippen LogP contribution in [0, 0.1) is 0 Å². The van der Waals surface area contributed by atoms with Crippen LogP contribution >= 0.6 is 15.9 Å². The van der Waals surface area contributed by atoms with Gasteiger partial charge in [-0.3, -0.25) is 9.48 Å². The van der Waals surface area contributed by atoms with Gasteiger partial charge in [-0.1, -0.05) is 15.9 Å². The van der Waals surface area contributed by atoms with Crippen molar-refractivity contribution in [3.05, 3.63) is 46.2 Å². The predicted molar refractivity (Wildman–Crippen MR) is 74.1 cm³/mol. The summed E-state index contributed by atoms with van der Waals surface area (Å²) < 4.78 is 2.26. The number of benzene rings is 1. The summed E-state index contributed by atoms with van der Waals surface area (Å²) in [4.78, 5) is 11.7. The molecule has 19 heavy (non-hydrogen) atoms. The molecule has 0 aliphatic heterocycles. The number of amides is 1. The number of aryl methyl sites for hydroxylation is 1. The summed E-state index contributed by atoms with van der Waals surface area (Å²) in [6.07, 6.45) is 2.90. The summed E-state index contributed by atoms with van der Waals surface area (Å²) in [6.45, 7) is 0. The van der Waals surface area contributed by atoms with Gasteiger partial charge in [-0.05, 0) is 24.3 Å². The van der Waals surface area contributed by atoms with Crippen LogP contribution in [0.1, 0.15) is 16.1 Å². The Kier molecular flexibility index (Phi) is 3.96. The maximum atomic E-state index is 11.7. The highest BCUT2D eigenvalue weighted by Crippen LogP contribution is 2.19. The quantitative estimate of drug-likeness (QED) is 0.666. The van der Waals surface area contributed by atoms with Gasteiger partial charge in [0.15, 0.2) is 0 Å². The Bertz CT molecular complexity index is 636. The van der Waals surface area contributed by atoms with Crippen molar-refractivity contribution in [3.63, 3.8) is 0 Å². The summed E-state index contributed by atoms with van der Waals surface area (Å²) >= 11 is 3.29. The fraction of sp³-hybridized carbons (Fsp3) is 0.0833. The second-order valence-corrected chi connectivity index (χ2v) is 4.66. The van der Waals surface area contributed by atoms with Crippen molar-refractivity contribution < 1.29 is 9.90 Å². The number of rotatable bonds is 3. The Balaban J connectivity index is 2.06. The lowest BCUT2D eigenvalue weighted by atomic mass is 10.2. The van der Waals surface area contributed by atoms with Crippen LogP contribution in [-0.4, -0.2) is 27.0 Å². The van der Waals surface area contributed by atoms with Gasteiger partial charge in [0.25, 0.3) is 5.91 Å². The van der Waals surface area contributed by atoms with Crippen molar-refractivity contribution in [3.8, 4) is 5.75 Å². The number of nitrogens with zero attached hydrogens (tertiary/aromatic N) is 3. The molecule has 7 heteroatoms. The molecular formula is C12H11BrN4O2. The molecule has 1 aromatic heterocycles. The number of aromatic hydroxyl groups is 1. The molecule has 2 rings (SSSR count). The van der Waals surface area contributed by atoms with Crippen LogP contribution in [0.4, 0.5) is 0 Å². The van der Waals surface area contributed by atoms with Crippen LogP contribution in [0.5, 0.6) is 5.75 Å². The largest absolute Gasteiger partial charge is 0.507 e. The lowest BCUT2D eigenvalue weighted by Crippen LogP contribution is -2.20. The van der Waals surface area contributed by atoms with Gasteiger partial charge >= 0.3 is 0 Å². The zero-order chi connectivity index (χ0) is 13.8. The SMILES string of the molecule is Cn1nccc1C(=O)N/N=C/c1cc(Br)ccc1O. The second kappa shape index (κ2) is 5.66. The van der Waals surface area contributed by atoms with E-state index in [1.807, 2.05) is 0 Å². The van der Waals surface area contributed by atoms with E-state index in [0.717, 1.165) is 4.47 Å². The smallest absolute Gasteiger partial charge is 0.289 e. The fourth-order valence-corrected chi connectivity index (χ4v) is 1.82. The first-order valence-electron chi connectivity index (χ1n) is 5.38. The van der Waals surface area contributed by atoms with E-state index in [-0.39, 0.29) is 11.7 Å². The standard InChI is InChI=1S/C12H11BrN4O2/c1-17-10(4-5-15-17)12(19)16-14-7-8-6-9(13)2-3-11(8)18/h2-7,18H,1H3,(H,16,19)/b14-7+. The number of phenols is 1. The van der Waals surface area contributed by atoms with Gasteiger partial charge in [0.2, 0.25) is 0 Å². The molecule has 0 fully saturated rings. The molecule has 0 unspecified atom stereocenters. The van der Waals surface area contributed by atoms with Crippen LogP contribution in [0.3, 0.4) is 0 Å². The van der Waals surface area contributed by atoms with Crippen molar-refractivity contribution in [2.75, 3.05) is 0 Å². The van der Waals surface area contributed by atoms with Crippen LogP contribution in [0.25, 0.3) is 0 Å². The van der Waals surface area contributed by atoms with Crippen molar-refractivity contribution in [1.29, 1.82) is 0 Å². The van der Waals surface area contributed by atoms with Crippen molar-refractivity contribution in [2.24, 2.45) is 12.1 Å². The number of hydrazone groups is 1. The van der Waals surface area contributed by atoms with Crippen molar-refractivity contribution >= 4 is 28.1 Å². The van der Waals surface area contributed by atoms with Gasteiger partial charge in [-0.25, -0.2) is 5.43 Å². The number of phenolic OH excluding ortho intramolecular Hbond substituents is 1.